The molecule has 0 aromatic heterocycles. The molecule has 7 nitrogen and oxygen atoms in total. The summed E-state index contributed by atoms with van der Waals surface area (Å²) in [5, 5.41) is 0. The van der Waals surface area contributed by atoms with E-state index in [4.69, 9.17) is 14.2 Å². The normalized spacial score (nSPS) is 20.9. The Morgan fingerprint density at radius 1 is 0.604 bits per heavy atom. The van der Waals surface area contributed by atoms with Gasteiger partial charge in [0, 0.05) is 36.7 Å². The Morgan fingerprint density at radius 2 is 1.11 bits per heavy atom. The highest BCUT2D eigenvalue weighted by molar-refractivity contribution is 5.95. The van der Waals surface area contributed by atoms with E-state index in [0.717, 1.165) is 64.2 Å². The third kappa shape index (κ3) is 18.6. The molecule has 0 bridgehead atoms. The standard InChI is InChI=1S/C46H78O7/c1-6-10-12-14-16-20-26-37-31-33-41(47)39(37)28-22-18-19-25-36(5)45(49)53-44(46(50)52-35-8-3)43(51-9-4)30-24-23-29-40-38(32-34-42(40)48)27-21-17-15-13-11-7-2/h25,37-40H,6-24,26-35H2,1-5H3/t37-,38-,39+,40+/m0/s1. The maximum atomic E-state index is 13.2. The first-order chi connectivity index (χ1) is 25.8. The minimum Gasteiger partial charge on any atom is -0.494 e. The molecular formula is C46H78O7. The molecule has 0 spiro atoms. The van der Waals surface area contributed by atoms with Crippen molar-refractivity contribution in [1.29, 1.82) is 0 Å². The van der Waals surface area contributed by atoms with Crippen molar-refractivity contribution in [3.05, 3.63) is 23.2 Å². The van der Waals surface area contributed by atoms with Crippen molar-refractivity contribution in [2.24, 2.45) is 23.7 Å². The Hall–Kier alpha value is -2.44. The summed E-state index contributed by atoms with van der Waals surface area (Å²) in [5.74, 6) is 1.12. The van der Waals surface area contributed by atoms with Crippen molar-refractivity contribution < 1.29 is 33.4 Å². The van der Waals surface area contributed by atoms with Crippen molar-refractivity contribution in [2.45, 2.75) is 208 Å². The Balaban J connectivity index is 1.90. The molecule has 0 aromatic rings. The van der Waals surface area contributed by atoms with Gasteiger partial charge in [0.1, 0.15) is 17.3 Å². The molecule has 53 heavy (non-hydrogen) atoms. The average molecular weight is 743 g/mol. The van der Waals surface area contributed by atoms with Gasteiger partial charge in [-0.05, 0) is 89.9 Å². The zero-order chi connectivity index (χ0) is 38.7. The van der Waals surface area contributed by atoms with Crippen LogP contribution in [0.4, 0.5) is 0 Å². The van der Waals surface area contributed by atoms with Gasteiger partial charge in [0.15, 0.2) is 0 Å². The van der Waals surface area contributed by atoms with E-state index in [1.807, 2.05) is 19.9 Å². The predicted molar refractivity (Wildman–Crippen MR) is 215 cm³/mol. The topological polar surface area (TPSA) is 96.0 Å². The van der Waals surface area contributed by atoms with Crippen LogP contribution in [0.25, 0.3) is 0 Å². The van der Waals surface area contributed by atoms with Gasteiger partial charge in [0.2, 0.25) is 0 Å². The second-order valence-corrected chi connectivity index (χ2v) is 16.0. The lowest BCUT2D eigenvalue weighted by atomic mass is 9.86. The minimum absolute atomic E-state index is 0.134. The number of carbonyl (C=O) groups excluding carboxylic acids is 4. The fraction of sp³-hybridized carbons (Fsp3) is 0.826. The lowest BCUT2D eigenvalue weighted by Crippen LogP contribution is -2.19. The van der Waals surface area contributed by atoms with Crippen LogP contribution in [0.2, 0.25) is 0 Å². The fourth-order valence-electron chi connectivity index (χ4n) is 8.44. The molecule has 2 aliphatic rings. The van der Waals surface area contributed by atoms with Crippen LogP contribution >= 0.6 is 0 Å². The summed E-state index contributed by atoms with van der Waals surface area (Å²) in [7, 11) is 0. The summed E-state index contributed by atoms with van der Waals surface area (Å²) < 4.78 is 17.1. The van der Waals surface area contributed by atoms with Gasteiger partial charge in [-0.15, -0.1) is 0 Å². The molecule has 0 N–H and O–H groups in total. The molecule has 0 amide bonds. The average Bonchev–Trinajstić information content (AvgIpc) is 3.69. The number of rotatable bonds is 31. The highest BCUT2D eigenvalue weighted by Crippen LogP contribution is 2.38. The molecule has 7 heteroatoms. The van der Waals surface area contributed by atoms with Crippen molar-refractivity contribution in [1.82, 2.24) is 0 Å². The molecule has 2 aliphatic carbocycles. The van der Waals surface area contributed by atoms with Crippen molar-refractivity contribution in [3.63, 3.8) is 0 Å². The summed E-state index contributed by atoms with van der Waals surface area (Å²) in [6, 6.07) is 0. The zero-order valence-electron chi connectivity index (χ0n) is 34.8. The number of Topliss-reactive ketones (excluding diaryl/α,β-unsaturated/α-hetero) is 2. The molecule has 2 fully saturated rings. The van der Waals surface area contributed by atoms with E-state index in [1.54, 1.807) is 6.92 Å². The summed E-state index contributed by atoms with van der Waals surface area (Å²) in [6.07, 6.45) is 30.0. The lowest BCUT2D eigenvalue weighted by Gasteiger charge is -2.19. The number of ether oxygens (including phenoxy) is 3. The summed E-state index contributed by atoms with van der Waals surface area (Å²) in [5.41, 5.74) is 0.440. The largest absolute Gasteiger partial charge is 0.494 e. The van der Waals surface area contributed by atoms with E-state index in [1.165, 1.54) is 83.5 Å². The van der Waals surface area contributed by atoms with E-state index in [2.05, 4.69) is 13.8 Å². The molecule has 0 aromatic carbocycles. The maximum absolute atomic E-state index is 13.2. The van der Waals surface area contributed by atoms with E-state index >= 15 is 0 Å². The summed E-state index contributed by atoms with van der Waals surface area (Å²) >= 11 is 0. The van der Waals surface area contributed by atoms with Gasteiger partial charge in [0.05, 0.1) is 13.2 Å². The van der Waals surface area contributed by atoms with Gasteiger partial charge < -0.3 is 14.2 Å². The molecule has 0 saturated heterocycles. The van der Waals surface area contributed by atoms with Gasteiger partial charge in [-0.1, -0.05) is 117 Å². The van der Waals surface area contributed by atoms with Crippen molar-refractivity contribution in [3.8, 4) is 0 Å². The molecule has 304 valence electrons. The number of hydrogen-bond donors (Lipinski definition) is 0. The van der Waals surface area contributed by atoms with Crippen LogP contribution in [0.1, 0.15) is 208 Å². The first kappa shape index (κ1) is 46.7. The number of esters is 2. The Labute approximate surface area is 324 Å². The van der Waals surface area contributed by atoms with Gasteiger partial charge in [-0.3, -0.25) is 9.59 Å². The molecule has 4 atom stereocenters. The predicted octanol–water partition coefficient (Wildman–Crippen LogP) is 12.5. The summed E-state index contributed by atoms with van der Waals surface area (Å²) in [6.45, 7) is 10.5. The molecule has 2 rings (SSSR count). The molecule has 0 aliphatic heterocycles. The SMILES string of the molecule is CCCCCCCC[C@H]1CCC(=O)[C@@H]1CCCCC=C(C)C(=O)OC(C(=O)OCCC)=C(CCCC[C@H]1C(=O)CC[C@@H]1CCCCCCCC)OCC. The first-order valence-corrected chi connectivity index (χ1v) is 22.2. The Bertz CT molecular complexity index is 1120. The second-order valence-electron chi connectivity index (χ2n) is 16.0. The van der Waals surface area contributed by atoms with Gasteiger partial charge in [-0.2, -0.15) is 0 Å². The van der Waals surface area contributed by atoms with Crippen LogP contribution in [0.15, 0.2) is 23.2 Å². The van der Waals surface area contributed by atoms with Gasteiger partial charge >= 0.3 is 11.9 Å². The Morgan fingerprint density at radius 3 is 1.64 bits per heavy atom. The quantitative estimate of drug-likeness (QED) is 0.0302. The van der Waals surface area contributed by atoms with Crippen LogP contribution < -0.4 is 0 Å². The van der Waals surface area contributed by atoms with Crippen LogP contribution in [0.5, 0.6) is 0 Å². The van der Waals surface area contributed by atoms with E-state index < -0.39 is 11.9 Å². The highest BCUT2D eigenvalue weighted by atomic mass is 16.6. The zero-order valence-corrected chi connectivity index (χ0v) is 34.8. The van der Waals surface area contributed by atoms with Crippen LogP contribution in [0.3, 0.4) is 0 Å². The first-order valence-electron chi connectivity index (χ1n) is 22.2. The molecule has 0 radical (unpaired) electrons. The minimum atomic E-state index is -0.682. The number of unbranched alkanes of at least 4 members (excludes halogenated alkanes) is 13. The van der Waals surface area contributed by atoms with E-state index in [0.29, 0.717) is 67.0 Å². The van der Waals surface area contributed by atoms with Crippen molar-refractivity contribution >= 4 is 23.5 Å². The smallest absolute Gasteiger partial charge is 0.377 e. The van der Waals surface area contributed by atoms with Crippen LogP contribution in [0, 0.1) is 23.7 Å². The summed E-state index contributed by atoms with van der Waals surface area (Å²) in [4.78, 5) is 51.8. The van der Waals surface area contributed by atoms with Gasteiger partial charge in [-0.25, -0.2) is 9.59 Å². The third-order valence-corrected chi connectivity index (χ3v) is 11.6. The fourth-order valence-corrected chi connectivity index (χ4v) is 8.44. The van der Waals surface area contributed by atoms with Gasteiger partial charge in [0.25, 0.3) is 5.76 Å². The Kier molecular flexibility index (Phi) is 25.5. The van der Waals surface area contributed by atoms with E-state index in [-0.39, 0.29) is 24.2 Å². The van der Waals surface area contributed by atoms with E-state index in [9.17, 15) is 19.2 Å². The highest BCUT2D eigenvalue weighted by Gasteiger charge is 2.34. The maximum Gasteiger partial charge on any atom is 0.377 e. The molecular weight excluding hydrogens is 664 g/mol. The molecule has 2 saturated carbocycles. The number of ketones is 2. The number of allylic oxidation sites excluding steroid dienone is 2. The molecule has 0 heterocycles. The monoisotopic (exact) mass is 743 g/mol. The third-order valence-electron chi connectivity index (χ3n) is 11.6. The number of carbonyl (C=O) groups is 4. The van der Waals surface area contributed by atoms with Crippen molar-refractivity contribution in [2.75, 3.05) is 13.2 Å². The second kappa shape index (κ2) is 28.9. The van der Waals surface area contributed by atoms with Crippen LogP contribution in [-0.4, -0.2) is 36.7 Å². The van der Waals surface area contributed by atoms with Crippen LogP contribution in [-0.2, 0) is 33.4 Å². The molecule has 0 unspecified atom stereocenters. The lowest BCUT2D eigenvalue weighted by molar-refractivity contribution is -0.150. The number of hydrogen-bond acceptors (Lipinski definition) is 7.